The van der Waals surface area contributed by atoms with Gasteiger partial charge in [-0.2, -0.15) is 0 Å². The number of hydrogen-bond donors (Lipinski definition) is 2. The predicted molar refractivity (Wildman–Crippen MR) is 126 cm³/mol. The van der Waals surface area contributed by atoms with E-state index in [-0.39, 0.29) is 0 Å². The van der Waals surface area contributed by atoms with E-state index < -0.39 is 0 Å². The number of methoxy groups -OCH3 is 1. The third kappa shape index (κ3) is 6.56. The second-order valence-electron chi connectivity index (χ2n) is 9.32. The van der Waals surface area contributed by atoms with Crippen molar-refractivity contribution < 1.29 is 4.74 Å². The molecular formula is C26H39N3O. The van der Waals surface area contributed by atoms with E-state index >= 15 is 0 Å². The largest absolute Gasteiger partial charge is 0.497 e. The average Bonchev–Trinajstić information content (AvgIpc) is 2.76. The van der Waals surface area contributed by atoms with Crippen LogP contribution in [0.2, 0.25) is 0 Å². The van der Waals surface area contributed by atoms with Gasteiger partial charge in [0, 0.05) is 44.8 Å². The van der Waals surface area contributed by atoms with Gasteiger partial charge >= 0.3 is 0 Å². The lowest BCUT2D eigenvalue weighted by molar-refractivity contribution is 0.175. The first-order chi connectivity index (χ1) is 14.4. The van der Waals surface area contributed by atoms with Crippen LogP contribution in [0.15, 0.2) is 48.5 Å². The molecule has 0 saturated carbocycles. The Labute approximate surface area is 183 Å². The lowest BCUT2D eigenvalue weighted by Gasteiger charge is -2.34. The maximum Gasteiger partial charge on any atom is 0.118 e. The molecule has 2 N–H and O–H groups in total. The summed E-state index contributed by atoms with van der Waals surface area (Å²) in [5.41, 5.74) is 4.04. The highest BCUT2D eigenvalue weighted by Gasteiger charge is 2.23. The quantitative estimate of drug-likeness (QED) is 0.716. The van der Waals surface area contributed by atoms with Gasteiger partial charge in [-0.1, -0.05) is 64.1 Å². The van der Waals surface area contributed by atoms with Crippen LogP contribution in [0.5, 0.6) is 5.75 Å². The lowest BCUT2D eigenvalue weighted by Crippen LogP contribution is -2.49. The Bertz CT molecular complexity index is 714. The van der Waals surface area contributed by atoms with Crippen molar-refractivity contribution >= 4 is 0 Å². The fraction of sp³-hybridized carbons (Fsp3) is 0.538. The van der Waals surface area contributed by atoms with E-state index in [1.807, 2.05) is 0 Å². The van der Waals surface area contributed by atoms with E-state index in [4.69, 9.17) is 4.74 Å². The molecule has 2 atom stereocenters. The highest BCUT2D eigenvalue weighted by molar-refractivity contribution is 5.27. The van der Waals surface area contributed by atoms with E-state index in [9.17, 15) is 0 Å². The van der Waals surface area contributed by atoms with Crippen LogP contribution in [-0.4, -0.2) is 37.2 Å². The monoisotopic (exact) mass is 409 g/mol. The van der Waals surface area contributed by atoms with E-state index in [0.29, 0.717) is 23.9 Å². The zero-order chi connectivity index (χ0) is 21.5. The molecule has 2 heterocycles. The minimum atomic E-state index is 0.441. The number of nitrogens with zero attached hydrogens (tertiary/aromatic N) is 1. The zero-order valence-corrected chi connectivity index (χ0v) is 19.3. The number of nitrogens with one attached hydrogen (secondary N) is 2. The maximum absolute atomic E-state index is 5.34. The summed E-state index contributed by atoms with van der Waals surface area (Å²) >= 11 is 0. The van der Waals surface area contributed by atoms with Crippen LogP contribution in [-0.2, 0) is 19.6 Å². The summed E-state index contributed by atoms with van der Waals surface area (Å²) in [5, 5.41) is 7.66. The molecule has 30 heavy (non-hydrogen) atoms. The molecule has 0 aliphatic carbocycles. The Balaban J connectivity index is 1.83. The standard InChI is InChI=1S/C26H39N3O/c1-19(2)25-17-29(16-23-10-12-24(30-5)13-11-23)18-26(20(3)4)28-15-22-8-6-21(7-9-22)14-27-25/h6-13,19-20,25-28H,14-18H2,1-5H3/t25-,26-/m1/s1. The zero-order valence-electron chi connectivity index (χ0n) is 19.3. The Morgan fingerprint density at radius 2 is 1.27 bits per heavy atom. The van der Waals surface area contributed by atoms with E-state index in [0.717, 1.165) is 38.5 Å². The summed E-state index contributed by atoms with van der Waals surface area (Å²) in [6.45, 7) is 14.1. The van der Waals surface area contributed by atoms with E-state index in [1.165, 1.54) is 16.7 Å². The number of benzene rings is 2. The van der Waals surface area contributed by atoms with Gasteiger partial charge in [-0.25, -0.2) is 0 Å². The summed E-state index contributed by atoms with van der Waals surface area (Å²) in [6.07, 6.45) is 0. The average molecular weight is 410 g/mol. The normalized spacial score (nSPS) is 21.3. The second kappa shape index (κ2) is 10.9. The number of ether oxygens (including phenoxy) is 1. The minimum Gasteiger partial charge on any atom is -0.497 e. The third-order valence-electron chi connectivity index (χ3n) is 6.24. The van der Waals surface area contributed by atoms with Gasteiger partial charge in [-0.15, -0.1) is 0 Å². The van der Waals surface area contributed by atoms with Crippen molar-refractivity contribution in [2.75, 3.05) is 20.2 Å². The van der Waals surface area contributed by atoms with Crippen LogP contribution in [0.25, 0.3) is 0 Å². The molecule has 0 aromatic heterocycles. The van der Waals surface area contributed by atoms with E-state index in [2.05, 4.69) is 91.8 Å². The van der Waals surface area contributed by atoms with Gasteiger partial charge < -0.3 is 15.4 Å². The molecule has 2 aliphatic heterocycles. The molecule has 0 unspecified atom stereocenters. The van der Waals surface area contributed by atoms with Crippen molar-refractivity contribution in [3.8, 4) is 5.75 Å². The van der Waals surface area contributed by atoms with Crippen molar-refractivity contribution in [1.82, 2.24) is 15.5 Å². The van der Waals surface area contributed by atoms with Crippen LogP contribution in [0.3, 0.4) is 0 Å². The Morgan fingerprint density at radius 1 is 0.800 bits per heavy atom. The van der Waals surface area contributed by atoms with Gasteiger partial charge in [-0.05, 0) is 40.7 Å². The molecule has 2 aliphatic rings. The Hall–Kier alpha value is -1.88. The molecule has 2 aromatic carbocycles. The molecule has 2 aromatic rings. The SMILES string of the molecule is COc1ccc(CN2C[C@H](C(C)C)NCc3ccc(cc3)CN[C@@H](C(C)C)C2)cc1. The molecule has 0 spiro atoms. The lowest BCUT2D eigenvalue weighted by atomic mass is 10.00. The van der Waals surface area contributed by atoms with Crippen molar-refractivity contribution in [3.63, 3.8) is 0 Å². The van der Waals surface area contributed by atoms with Crippen LogP contribution in [0.1, 0.15) is 44.4 Å². The second-order valence-corrected chi connectivity index (χ2v) is 9.32. The van der Waals surface area contributed by atoms with Gasteiger partial charge in [0.15, 0.2) is 0 Å². The summed E-state index contributed by atoms with van der Waals surface area (Å²) in [6, 6.07) is 18.4. The molecule has 0 amide bonds. The van der Waals surface area contributed by atoms with Crippen molar-refractivity contribution in [3.05, 3.63) is 65.2 Å². The minimum absolute atomic E-state index is 0.441. The number of fused-ring (bicyclic) bond motifs is 10. The highest BCUT2D eigenvalue weighted by atomic mass is 16.5. The number of rotatable bonds is 5. The molecule has 4 heteroatoms. The first-order valence-electron chi connectivity index (χ1n) is 11.3. The fourth-order valence-electron chi connectivity index (χ4n) is 4.04. The van der Waals surface area contributed by atoms with Crippen LogP contribution in [0, 0.1) is 11.8 Å². The molecular weight excluding hydrogens is 370 g/mol. The molecule has 0 radical (unpaired) electrons. The molecule has 0 fully saturated rings. The van der Waals surface area contributed by atoms with Gasteiger partial charge in [0.1, 0.15) is 5.75 Å². The summed E-state index contributed by atoms with van der Waals surface area (Å²) in [5.74, 6) is 2.05. The summed E-state index contributed by atoms with van der Waals surface area (Å²) < 4.78 is 5.34. The van der Waals surface area contributed by atoms with Gasteiger partial charge in [0.2, 0.25) is 0 Å². The molecule has 2 bridgehead atoms. The van der Waals surface area contributed by atoms with Crippen molar-refractivity contribution in [2.24, 2.45) is 11.8 Å². The van der Waals surface area contributed by atoms with Crippen molar-refractivity contribution in [1.29, 1.82) is 0 Å². The summed E-state index contributed by atoms with van der Waals surface area (Å²) in [7, 11) is 1.72. The Kier molecular flexibility index (Phi) is 8.32. The summed E-state index contributed by atoms with van der Waals surface area (Å²) in [4.78, 5) is 2.62. The van der Waals surface area contributed by atoms with Gasteiger partial charge in [-0.3, -0.25) is 4.90 Å². The molecule has 4 nitrogen and oxygen atoms in total. The first kappa shape index (κ1) is 22.8. The van der Waals surface area contributed by atoms with Crippen LogP contribution < -0.4 is 15.4 Å². The molecule has 0 saturated heterocycles. The van der Waals surface area contributed by atoms with Gasteiger partial charge in [0.25, 0.3) is 0 Å². The Morgan fingerprint density at radius 3 is 1.67 bits per heavy atom. The predicted octanol–water partition coefficient (Wildman–Crippen LogP) is 4.44. The topological polar surface area (TPSA) is 36.5 Å². The van der Waals surface area contributed by atoms with E-state index in [1.54, 1.807) is 7.11 Å². The van der Waals surface area contributed by atoms with Crippen molar-refractivity contribution in [2.45, 2.75) is 59.4 Å². The molecule has 4 rings (SSSR count). The first-order valence-corrected chi connectivity index (χ1v) is 11.3. The highest BCUT2D eigenvalue weighted by Crippen LogP contribution is 2.17. The molecule has 164 valence electrons. The van der Waals surface area contributed by atoms with Gasteiger partial charge in [0.05, 0.1) is 7.11 Å². The number of hydrogen-bond acceptors (Lipinski definition) is 4. The van der Waals surface area contributed by atoms with Crippen LogP contribution >= 0.6 is 0 Å². The maximum atomic E-state index is 5.34. The third-order valence-corrected chi connectivity index (χ3v) is 6.24. The fourth-order valence-corrected chi connectivity index (χ4v) is 4.04. The van der Waals surface area contributed by atoms with Crippen LogP contribution in [0.4, 0.5) is 0 Å². The smallest absolute Gasteiger partial charge is 0.118 e.